The first kappa shape index (κ1) is 20.7. The molecule has 3 aromatic carbocycles. The Labute approximate surface area is 186 Å². The van der Waals surface area contributed by atoms with Crippen LogP contribution in [0.3, 0.4) is 0 Å². The first-order valence-electron chi connectivity index (χ1n) is 10.5. The number of sulfonamides is 1. The van der Waals surface area contributed by atoms with Crippen LogP contribution < -0.4 is 4.74 Å². The number of fused-ring (bicyclic) bond motifs is 1. The predicted octanol–water partition coefficient (Wildman–Crippen LogP) is 4.47. The molecule has 2 heterocycles. The van der Waals surface area contributed by atoms with Crippen LogP contribution in [0.1, 0.15) is 24.7 Å². The third-order valence-electron chi connectivity index (χ3n) is 5.86. The van der Waals surface area contributed by atoms with E-state index in [1.54, 1.807) is 19.2 Å². The van der Waals surface area contributed by atoms with Gasteiger partial charge in [-0.2, -0.15) is 9.29 Å². The van der Waals surface area contributed by atoms with Crippen molar-refractivity contribution in [1.82, 2.24) is 14.4 Å². The summed E-state index contributed by atoms with van der Waals surface area (Å²) in [4.78, 5) is 4.86. The number of hydrogen-bond acceptors (Lipinski definition) is 6. The smallest absolute Gasteiger partial charge is 0.243 e. The molecule has 7 nitrogen and oxygen atoms in total. The predicted molar refractivity (Wildman–Crippen MR) is 121 cm³/mol. The van der Waals surface area contributed by atoms with Gasteiger partial charge in [0.1, 0.15) is 5.75 Å². The summed E-state index contributed by atoms with van der Waals surface area (Å²) < 4.78 is 39.0. The Morgan fingerprint density at radius 3 is 2.72 bits per heavy atom. The minimum atomic E-state index is -3.62. The number of rotatable bonds is 5. The number of piperidine rings is 1. The molecule has 1 atom stereocenters. The van der Waals surface area contributed by atoms with Crippen LogP contribution in [0.15, 0.2) is 76.1 Å². The second kappa shape index (κ2) is 8.37. The zero-order valence-electron chi connectivity index (χ0n) is 17.6. The third-order valence-corrected chi connectivity index (χ3v) is 7.72. The van der Waals surface area contributed by atoms with Crippen LogP contribution in [0.25, 0.3) is 22.2 Å². The summed E-state index contributed by atoms with van der Waals surface area (Å²) in [5, 5.41) is 6.02. The lowest BCUT2D eigenvalue weighted by molar-refractivity contribution is 0.265. The summed E-state index contributed by atoms with van der Waals surface area (Å²) >= 11 is 0. The summed E-state index contributed by atoms with van der Waals surface area (Å²) in [6, 6.07) is 20.4. The van der Waals surface area contributed by atoms with E-state index in [1.165, 1.54) is 4.31 Å². The topological polar surface area (TPSA) is 85.5 Å². The van der Waals surface area contributed by atoms with Crippen molar-refractivity contribution >= 4 is 20.8 Å². The highest BCUT2D eigenvalue weighted by Crippen LogP contribution is 2.32. The van der Waals surface area contributed by atoms with Crippen molar-refractivity contribution in [1.29, 1.82) is 0 Å². The normalized spacial score (nSPS) is 17.5. The standard InChI is InChI=1S/C24H23N3O4S/c1-30-21-10-4-8-19(14-21)23-25-24(31-26-23)20-9-5-13-27(16-20)32(28,29)22-12-11-17-6-2-3-7-18(17)15-22/h2-4,6-8,10-12,14-15,20H,5,9,13,16H2,1H3. The molecule has 1 saturated heterocycles. The van der Waals surface area contributed by atoms with E-state index < -0.39 is 10.0 Å². The van der Waals surface area contributed by atoms with E-state index >= 15 is 0 Å². The van der Waals surface area contributed by atoms with Crippen LogP contribution in [0.4, 0.5) is 0 Å². The zero-order valence-corrected chi connectivity index (χ0v) is 18.5. The van der Waals surface area contributed by atoms with E-state index in [1.807, 2.05) is 54.6 Å². The van der Waals surface area contributed by atoms with Crippen molar-refractivity contribution in [2.24, 2.45) is 0 Å². The van der Waals surface area contributed by atoms with Crippen molar-refractivity contribution in [2.75, 3.05) is 20.2 Å². The molecule has 4 aromatic rings. The number of ether oxygens (including phenoxy) is 1. The number of methoxy groups -OCH3 is 1. The Balaban J connectivity index is 1.38. The van der Waals surface area contributed by atoms with Gasteiger partial charge < -0.3 is 9.26 Å². The Hall–Kier alpha value is -3.23. The Bertz CT molecular complexity index is 1370. The summed E-state index contributed by atoms with van der Waals surface area (Å²) in [6.07, 6.45) is 1.53. The summed E-state index contributed by atoms with van der Waals surface area (Å²) in [5.74, 6) is 1.49. The average molecular weight is 450 g/mol. The van der Waals surface area contributed by atoms with E-state index in [-0.39, 0.29) is 5.92 Å². The molecule has 8 heteroatoms. The molecule has 0 radical (unpaired) electrons. The van der Waals surface area contributed by atoms with Crippen LogP contribution >= 0.6 is 0 Å². The highest BCUT2D eigenvalue weighted by Gasteiger charge is 2.33. The number of hydrogen-bond donors (Lipinski definition) is 0. The van der Waals surface area contributed by atoms with Gasteiger partial charge in [-0.05, 0) is 47.9 Å². The molecule has 0 bridgehead atoms. The Morgan fingerprint density at radius 2 is 1.88 bits per heavy atom. The van der Waals surface area contributed by atoms with E-state index in [4.69, 9.17) is 9.26 Å². The highest BCUT2D eigenvalue weighted by molar-refractivity contribution is 7.89. The van der Waals surface area contributed by atoms with Gasteiger partial charge in [-0.25, -0.2) is 8.42 Å². The van der Waals surface area contributed by atoms with E-state index in [2.05, 4.69) is 10.1 Å². The van der Waals surface area contributed by atoms with Crippen molar-refractivity contribution in [2.45, 2.75) is 23.7 Å². The van der Waals surface area contributed by atoms with Crippen molar-refractivity contribution in [3.63, 3.8) is 0 Å². The number of benzene rings is 3. The zero-order chi connectivity index (χ0) is 22.1. The first-order valence-corrected chi connectivity index (χ1v) is 12.0. The first-order chi connectivity index (χ1) is 15.5. The maximum atomic E-state index is 13.4. The van der Waals surface area contributed by atoms with Crippen molar-refractivity contribution < 1.29 is 17.7 Å². The van der Waals surface area contributed by atoms with Gasteiger partial charge in [-0.15, -0.1) is 0 Å². The lowest BCUT2D eigenvalue weighted by atomic mass is 10.00. The monoisotopic (exact) mass is 449 g/mol. The fourth-order valence-electron chi connectivity index (χ4n) is 4.12. The highest BCUT2D eigenvalue weighted by atomic mass is 32.2. The van der Waals surface area contributed by atoms with Crippen LogP contribution in [0.5, 0.6) is 5.75 Å². The van der Waals surface area contributed by atoms with Gasteiger partial charge in [0, 0.05) is 18.7 Å². The van der Waals surface area contributed by atoms with E-state index in [0.717, 1.165) is 29.2 Å². The van der Waals surface area contributed by atoms with Crippen LogP contribution in [-0.2, 0) is 10.0 Å². The van der Waals surface area contributed by atoms with Gasteiger partial charge in [0.2, 0.25) is 21.7 Å². The average Bonchev–Trinajstić information content (AvgIpc) is 3.34. The van der Waals surface area contributed by atoms with Crippen molar-refractivity contribution in [3.8, 4) is 17.1 Å². The van der Waals surface area contributed by atoms with Crippen LogP contribution in [-0.4, -0.2) is 43.1 Å². The lowest BCUT2D eigenvalue weighted by Crippen LogP contribution is -2.39. The van der Waals surface area contributed by atoms with Crippen molar-refractivity contribution in [3.05, 3.63) is 72.6 Å². The molecule has 0 aliphatic carbocycles. The molecular weight excluding hydrogens is 426 g/mol. The summed E-state index contributed by atoms with van der Waals surface area (Å²) in [7, 11) is -2.02. The molecule has 164 valence electrons. The summed E-state index contributed by atoms with van der Waals surface area (Å²) in [5.41, 5.74) is 0.788. The molecule has 32 heavy (non-hydrogen) atoms. The molecule has 1 unspecified atom stereocenters. The van der Waals surface area contributed by atoms with Crippen LogP contribution in [0.2, 0.25) is 0 Å². The fourth-order valence-corrected chi connectivity index (χ4v) is 5.68. The molecule has 5 rings (SSSR count). The van der Waals surface area contributed by atoms with Gasteiger partial charge in [-0.1, -0.05) is 47.6 Å². The molecule has 0 saturated carbocycles. The lowest BCUT2D eigenvalue weighted by Gasteiger charge is -2.30. The van der Waals surface area contributed by atoms with E-state index in [9.17, 15) is 8.42 Å². The molecular formula is C24H23N3O4S. The summed E-state index contributed by atoms with van der Waals surface area (Å²) in [6.45, 7) is 0.789. The van der Waals surface area contributed by atoms with Gasteiger partial charge in [0.15, 0.2) is 0 Å². The quantitative estimate of drug-likeness (QED) is 0.447. The van der Waals surface area contributed by atoms with Crippen LogP contribution in [0, 0.1) is 0 Å². The largest absolute Gasteiger partial charge is 0.497 e. The molecule has 1 aromatic heterocycles. The van der Waals surface area contributed by atoms with E-state index in [0.29, 0.717) is 35.4 Å². The second-order valence-electron chi connectivity index (χ2n) is 7.90. The Morgan fingerprint density at radius 1 is 1.03 bits per heavy atom. The second-order valence-corrected chi connectivity index (χ2v) is 9.84. The number of aromatic nitrogens is 2. The minimum absolute atomic E-state index is 0.147. The Kier molecular flexibility index (Phi) is 5.40. The third kappa shape index (κ3) is 3.87. The molecule has 0 amide bonds. The maximum Gasteiger partial charge on any atom is 0.243 e. The van der Waals surface area contributed by atoms with Gasteiger partial charge >= 0.3 is 0 Å². The fraction of sp³-hybridized carbons (Fsp3) is 0.250. The minimum Gasteiger partial charge on any atom is -0.497 e. The molecule has 0 spiro atoms. The molecule has 1 fully saturated rings. The SMILES string of the molecule is COc1cccc(-c2noc(C3CCCN(S(=O)(=O)c4ccc5ccccc5c4)C3)n2)c1. The van der Waals surface area contributed by atoms with Gasteiger partial charge in [0.05, 0.1) is 17.9 Å². The molecule has 1 aliphatic rings. The molecule has 1 aliphatic heterocycles. The molecule has 0 N–H and O–H groups in total. The van der Waals surface area contributed by atoms with Gasteiger partial charge in [-0.3, -0.25) is 0 Å². The number of nitrogens with zero attached hydrogens (tertiary/aromatic N) is 3. The maximum absolute atomic E-state index is 13.4. The van der Waals surface area contributed by atoms with Gasteiger partial charge in [0.25, 0.3) is 0 Å².